The normalized spacial score (nSPS) is 18.5. The zero-order valence-corrected chi connectivity index (χ0v) is 9.80. The monoisotopic (exact) mass is 269 g/mol. The third kappa shape index (κ3) is 3.55. The Morgan fingerprint density at radius 1 is 1.47 bits per heavy atom. The summed E-state index contributed by atoms with van der Waals surface area (Å²) in [5, 5.41) is 24.2. The van der Waals surface area contributed by atoms with Crippen molar-refractivity contribution in [1.82, 2.24) is 25.5 Å². The Morgan fingerprint density at radius 3 is 2.84 bits per heavy atom. The minimum atomic E-state index is -1.12. The number of hydrogen-bond acceptors (Lipinski definition) is 9. The van der Waals surface area contributed by atoms with E-state index in [4.69, 9.17) is 4.74 Å². The molecule has 19 heavy (non-hydrogen) atoms. The second-order valence-electron chi connectivity index (χ2n) is 3.64. The first-order valence-corrected chi connectivity index (χ1v) is 5.51. The van der Waals surface area contributed by atoms with E-state index in [-0.39, 0.29) is 25.9 Å². The second kappa shape index (κ2) is 6.00. The van der Waals surface area contributed by atoms with Gasteiger partial charge in [-0.2, -0.15) is 0 Å². The van der Waals surface area contributed by atoms with Crippen molar-refractivity contribution in [3.05, 3.63) is 12.2 Å². The Balaban J connectivity index is 1.72. The topological polar surface area (TPSA) is 128 Å². The van der Waals surface area contributed by atoms with Gasteiger partial charge in [-0.1, -0.05) is 0 Å². The lowest BCUT2D eigenvalue weighted by Crippen LogP contribution is -2.35. The largest absolute Gasteiger partial charge is 0.533 e. The first-order valence-electron chi connectivity index (χ1n) is 5.51. The quantitative estimate of drug-likeness (QED) is 0.671. The van der Waals surface area contributed by atoms with Crippen molar-refractivity contribution < 1.29 is 24.3 Å². The molecule has 0 saturated carbocycles. The van der Waals surface area contributed by atoms with Crippen molar-refractivity contribution in [2.75, 3.05) is 6.61 Å². The molecule has 10 heteroatoms. The lowest BCUT2D eigenvalue weighted by atomic mass is 10.4. The summed E-state index contributed by atoms with van der Waals surface area (Å²) in [4.78, 5) is 27.0. The van der Waals surface area contributed by atoms with Crippen LogP contribution in [0.3, 0.4) is 0 Å². The van der Waals surface area contributed by atoms with Crippen molar-refractivity contribution in [2.45, 2.75) is 25.5 Å². The predicted octanol–water partition coefficient (Wildman–Crippen LogP) is -1.18. The summed E-state index contributed by atoms with van der Waals surface area (Å²) in [6.07, 6.45) is -0.451. The molecule has 1 fully saturated rings. The number of ether oxygens (including phenoxy) is 1. The highest BCUT2D eigenvalue weighted by atomic mass is 16.8. The van der Waals surface area contributed by atoms with Gasteiger partial charge in [-0.05, 0) is 0 Å². The summed E-state index contributed by atoms with van der Waals surface area (Å²) in [7, 11) is 0. The number of amides is 1. The third-order valence-electron chi connectivity index (χ3n) is 2.30. The zero-order valence-electron chi connectivity index (χ0n) is 9.80. The van der Waals surface area contributed by atoms with Crippen LogP contribution in [0.4, 0.5) is 4.79 Å². The Morgan fingerprint density at radius 2 is 2.21 bits per heavy atom. The van der Waals surface area contributed by atoms with Gasteiger partial charge in [0.15, 0.2) is 18.4 Å². The zero-order chi connectivity index (χ0) is 13.7. The number of carbonyl (C=O) groups excluding carboxylic acids is 2. The predicted molar refractivity (Wildman–Crippen MR) is 55.8 cm³/mol. The number of rotatable bonds is 4. The van der Waals surface area contributed by atoms with Crippen LogP contribution in [0.25, 0.3) is 0 Å². The maximum atomic E-state index is 11.3. The minimum absolute atomic E-state index is 0.0513. The molecule has 102 valence electrons. The summed E-state index contributed by atoms with van der Waals surface area (Å²) in [5.41, 5.74) is 0. The van der Waals surface area contributed by atoms with Gasteiger partial charge in [-0.25, -0.2) is 4.79 Å². The lowest BCUT2D eigenvalue weighted by molar-refractivity contribution is -0.199. The van der Waals surface area contributed by atoms with E-state index in [2.05, 4.69) is 25.2 Å². The van der Waals surface area contributed by atoms with Crippen LogP contribution in [-0.4, -0.2) is 55.5 Å². The Labute approximate surface area is 107 Å². The van der Waals surface area contributed by atoms with E-state index in [1.807, 2.05) is 0 Å². The molecule has 10 nitrogen and oxygen atoms in total. The molecule has 1 aliphatic rings. The first-order chi connectivity index (χ1) is 9.16. The summed E-state index contributed by atoms with van der Waals surface area (Å²) >= 11 is 0. The molecule has 0 aliphatic carbocycles. The van der Waals surface area contributed by atoms with E-state index in [1.54, 1.807) is 0 Å². The Hall–Kier alpha value is -2.36. The van der Waals surface area contributed by atoms with Crippen molar-refractivity contribution in [1.29, 1.82) is 0 Å². The molecule has 1 amide bonds. The molecule has 0 spiro atoms. The van der Waals surface area contributed by atoms with Crippen molar-refractivity contribution >= 4 is 12.1 Å². The molecule has 1 atom stereocenters. The smallest absolute Gasteiger partial charge is 0.432 e. The fraction of sp³-hybridized carbons (Fsp3) is 0.556. The maximum Gasteiger partial charge on any atom is 0.533 e. The second-order valence-corrected chi connectivity index (χ2v) is 3.64. The summed E-state index contributed by atoms with van der Waals surface area (Å²) in [6, 6.07) is 0. The van der Waals surface area contributed by atoms with Crippen LogP contribution < -0.4 is 0 Å². The van der Waals surface area contributed by atoms with E-state index >= 15 is 0 Å². The molecule has 1 aliphatic heterocycles. The molecule has 1 aromatic heterocycles. The number of carbonyl (C=O) groups is 2. The molecule has 1 N–H and O–H groups in total. The summed E-state index contributed by atoms with van der Waals surface area (Å²) < 4.78 is 4.70. The molecule has 0 radical (unpaired) electrons. The van der Waals surface area contributed by atoms with E-state index < -0.39 is 18.3 Å². The third-order valence-corrected chi connectivity index (χ3v) is 2.30. The van der Waals surface area contributed by atoms with E-state index in [1.165, 1.54) is 6.33 Å². The van der Waals surface area contributed by atoms with Gasteiger partial charge >= 0.3 is 6.16 Å². The number of aliphatic hydroxyl groups is 1. The first kappa shape index (κ1) is 13.1. The van der Waals surface area contributed by atoms with Gasteiger partial charge in [0.25, 0.3) is 5.91 Å². The molecular weight excluding hydrogens is 258 g/mol. The van der Waals surface area contributed by atoms with Crippen LogP contribution in [-0.2, 0) is 20.8 Å². The van der Waals surface area contributed by atoms with Crippen molar-refractivity contribution in [3.8, 4) is 0 Å². The fourth-order valence-electron chi connectivity index (χ4n) is 1.42. The van der Waals surface area contributed by atoms with Gasteiger partial charge in [-0.3, -0.25) is 4.79 Å². The van der Waals surface area contributed by atoms with Crippen LogP contribution in [0, 0.1) is 0 Å². The summed E-state index contributed by atoms with van der Waals surface area (Å²) in [6.45, 7) is -0.0513. The maximum absolute atomic E-state index is 11.3. The average molecular weight is 269 g/mol. The average Bonchev–Trinajstić information content (AvgIpc) is 2.72. The highest BCUT2D eigenvalue weighted by Crippen LogP contribution is 2.16. The highest BCUT2D eigenvalue weighted by molar-refractivity contribution is 5.78. The number of hydrogen-bond donors (Lipinski definition) is 1. The molecule has 1 saturated heterocycles. The van der Waals surface area contributed by atoms with Crippen LogP contribution in [0.1, 0.15) is 18.7 Å². The molecule has 1 unspecified atom stereocenters. The van der Waals surface area contributed by atoms with Crippen LogP contribution in [0.15, 0.2) is 6.33 Å². The number of aromatic nitrogens is 4. The van der Waals surface area contributed by atoms with Crippen LogP contribution in [0.2, 0.25) is 0 Å². The molecule has 1 aromatic rings. The van der Waals surface area contributed by atoms with Gasteiger partial charge in [0.1, 0.15) is 6.61 Å². The van der Waals surface area contributed by atoms with Crippen LogP contribution in [0.5, 0.6) is 0 Å². The van der Waals surface area contributed by atoms with Crippen molar-refractivity contribution in [2.24, 2.45) is 0 Å². The SMILES string of the molecule is O=C(OCCc1nncnn1)ON1C(=O)CCC1O. The number of hydroxylamine groups is 2. The minimum Gasteiger partial charge on any atom is -0.432 e. The van der Waals surface area contributed by atoms with E-state index in [0.717, 1.165) is 0 Å². The lowest BCUT2D eigenvalue weighted by Gasteiger charge is -2.17. The van der Waals surface area contributed by atoms with Crippen molar-refractivity contribution in [3.63, 3.8) is 0 Å². The van der Waals surface area contributed by atoms with Gasteiger partial charge in [0, 0.05) is 19.3 Å². The van der Waals surface area contributed by atoms with Gasteiger partial charge < -0.3 is 14.7 Å². The Bertz CT molecular complexity index is 456. The fourth-order valence-corrected chi connectivity index (χ4v) is 1.42. The number of nitrogens with zero attached hydrogens (tertiary/aromatic N) is 5. The highest BCUT2D eigenvalue weighted by Gasteiger charge is 2.33. The molecule has 2 heterocycles. The van der Waals surface area contributed by atoms with E-state index in [0.29, 0.717) is 10.9 Å². The molecule has 0 bridgehead atoms. The molecular formula is C9H11N5O5. The number of aliphatic hydroxyl groups excluding tert-OH is 1. The standard InChI is InChI=1S/C9H11N5O5/c15-7-1-2-8(16)14(7)19-9(17)18-4-3-6-12-10-5-11-13-6/h5,7,15H,1-4H2. The van der Waals surface area contributed by atoms with Crippen LogP contribution >= 0.6 is 0 Å². The summed E-state index contributed by atoms with van der Waals surface area (Å²) in [5.74, 6) is -0.156. The van der Waals surface area contributed by atoms with Gasteiger partial charge in [0.2, 0.25) is 0 Å². The molecule has 0 aromatic carbocycles. The van der Waals surface area contributed by atoms with Gasteiger partial charge in [0.05, 0.1) is 0 Å². The Kier molecular flexibility index (Phi) is 4.13. The van der Waals surface area contributed by atoms with Gasteiger partial charge in [-0.15, -0.1) is 25.5 Å². The van der Waals surface area contributed by atoms with E-state index in [9.17, 15) is 14.7 Å². The molecule has 2 rings (SSSR count).